The molecule has 4 heterocycles. The third kappa shape index (κ3) is 4.02. The summed E-state index contributed by atoms with van der Waals surface area (Å²) in [6.07, 6.45) is 1.69. The molecule has 1 atom stereocenters. The molecular weight excluding hydrogens is 468 g/mol. The van der Waals surface area contributed by atoms with Crippen LogP contribution in [0.1, 0.15) is 40.1 Å². The smallest absolute Gasteiger partial charge is 0.356 e. The number of aromatic nitrogens is 3. The Balaban J connectivity index is 1.67. The summed E-state index contributed by atoms with van der Waals surface area (Å²) in [6.45, 7) is 5.50. The van der Waals surface area contributed by atoms with Crippen LogP contribution < -0.4 is 10.7 Å². The number of aromatic carboxylic acids is 1. The zero-order chi connectivity index (χ0) is 24.9. The zero-order valence-electron chi connectivity index (χ0n) is 19.1. The SMILES string of the molecule is Cc1cc([C@@H](C)Nc2ccc(Cl)nc2C(=O)O)c2oc(-c3cc4cccnc4[nH]3)c(C)c(=O)c2c1. The highest BCUT2D eigenvalue weighted by molar-refractivity contribution is 6.29. The number of pyridine rings is 2. The molecule has 5 rings (SSSR count). The van der Waals surface area contributed by atoms with Crippen molar-refractivity contribution < 1.29 is 14.3 Å². The molecule has 4 aromatic heterocycles. The first-order chi connectivity index (χ1) is 16.7. The molecule has 0 bridgehead atoms. The van der Waals surface area contributed by atoms with E-state index in [-0.39, 0.29) is 16.3 Å². The molecule has 176 valence electrons. The van der Waals surface area contributed by atoms with Crippen molar-refractivity contribution in [2.45, 2.75) is 26.8 Å². The highest BCUT2D eigenvalue weighted by Crippen LogP contribution is 2.33. The minimum absolute atomic E-state index is 0.0838. The van der Waals surface area contributed by atoms with Gasteiger partial charge in [-0.2, -0.15) is 0 Å². The number of hydrogen-bond acceptors (Lipinski definition) is 6. The Labute approximate surface area is 204 Å². The summed E-state index contributed by atoms with van der Waals surface area (Å²) in [7, 11) is 0. The standard InChI is InChI=1S/C26H21ClN4O4/c1-12-9-16(14(3)29-18-6-7-20(27)31-21(18)26(33)34)24-17(10-12)22(32)13(2)23(35-24)19-11-15-5-4-8-28-25(15)30-19/h4-11,14,29H,1-3H3,(H,28,30)(H,33,34)/t14-/m1/s1. The van der Waals surface area contributed by atoms with Crippen LogP contribution >= 0.6 is 11.6 Å². The van der Waals surface area contributed by atoms with Crippen LogP contribution in [0.15, 0.2) is 57.9 Å². The summed E-state index contributed by atoms with van der Waals surface area (Å²) in [6, 6.07) is 12.0. The van der Waals surface area contributed by atoms with Gasteiger partial charge >= 0.3 is 5.97 Å². The molecule has 0 saturated carbocycles. The number of carboxylic acid groups (broad SMARTS) is 1. The van der Waals surface area contributed by atoms with Crippen molar-refractivity contribution in [1.82, 2.24) is 15.0 Å². The van der Waals surface area contributed by atoms with Crippen molar-refractivity contribution in [3.8, 4) is 11.5 Å². The molecule has 5 aromatic rings. The van der Waals surface area contributed by atoms with E-state index >= 15 is 0 Å². The molecule has 0 fully saturated rings. The lowest BCUT2D eigenvalue weighted by atomic mass is 9.99. The van der Waals surface area contributed by atoms with Gasteiger partial charge in [-0.25, -0.2) is 14.8 Å². The number of nitrogens with one attached hydrogen (secondary N) is 2. The van der Waals surface area contributed by atoms with Gasteiger partial charge in [-0.3, -0.25) is 4.79 Å². The first-order valence-electron chi connectivity index (χ1n) is 10.9. The molecule has 0 amide bonds. The van der Waals surface area contributed by atoms with Gasteiger partial charge in [0.25, 0.3) is 0 Å². The number of aromatic amines is 1. The van der Waals surface area contributed by atoms with E-state index in [0.717, 1.165) is 10.9 Å². The summed E-state index contributed by atoms with van der Waals surface area (Å²) in [5, 5.41) is 14.2. The maximum absolute atomic E-state index is 13.4. The number of nitrogens with zero attached hydrogens (tertiary/aromatic N) is 2. The largest absolute Gasteiger partial charge is 0.476 e. The molecule has 0 radical (unpaired) electrons. The predicted octanol–water partition coefficient (Wildman–Crippen LogP) is 5.87. The molecular formula is C26H21ClN4O4. The molecule has 1 aromatic carbocycles. The van der Waals surface area contributed by atoms with Crippen molar-refractivity contribution in [3.63, 3.8) is 0 Å². The van der Waals surface area contributed by atoms with Crippen LogP contribution in [0.2, 0.25) is 5.15 Å². The van der Waals surface area contributed by atoms with Gasteiger partial charge in [-0.1, -0.05) is 17.7 Å². The van der Waals surface area contributed by atoms with Crippen LogP contribution in [-0.4, -0.2) is 26.0 Å². The number of carbonyl (C=O) groups is 1. The van der Waals surface area contributed by atoms with Crippen LogP contribution in [0.4, 0.5) is 5.69 Å². The second-order valence-corrected chi connectivity index (χ2v) is 8.83. The number of hydrogen-bond donors (Lipinski definition) is 3. The van der Waals surface area contributed by atoms with Crippen molar-refractivity contribution in [2.75, 3.05) is 5.32 Å². The maximum Gasteiger partial charge on any atom is 0.356 e. The van der Waals surface area contributed by atoms with Gasteiger partial charge in [0, 0.05) is 22.7 Å². The lowest BCUT2D eigenvalue weighted by molar-refractivity contribution is 0.0691. The monoisotopic (exact) mass is 488 g/mol. The van der Waals surface area contributed by atoms with E-state index in [2.05, 4.69) is 20.3 Å². The molecule has 0 spiro atoms. The van der Waals surface area contributed by atoms with Gasteiger partial charge in [0.1, 0.15) is 16.4 Å². The Bertz CT molecular complexity index is 1660. The van der Waals surface area contributed by atoms with Crippen molar-refractivity contribution >= 4 is 45.3 Å². The van der Waals surface area contributed by atoms with Gasteiger partial charge in [-0.05, 0) is 62.7 Å². The minimum atomic E-state index is -1.20. The number of halogens is 1. The van der Waals surface area contributed by atoms with E-state index in [9.17, 15) is 14.7 Å². The Morgan fingerprint density at radius 1 is 1.20 bits per heavy atom. The van der Waals surface area contributed by atoms with E-state index in [1.807, 2.05) is 38.1 Å². The lowest BCUT2D eigenvalue weighted by Crippen LogP contribution is -2.14. The van der Waals surface area contributed by atoms with E-state index in [1.165, 1.54) is 6.07 Å². The third-order valence-electron chi connectivity index (χ3n) is 5.93. The summed E-state index contributed by atoms with van der Waals surface area (Å²) in [4.78, 5) is 36.5. The van der Waals surface area contributed by atoms with Crippen LogP contribution in [-0.2, 0) is 0 Å². The minimum Gasteiger partial charge on any atom is -0.476 e. The molecule has 0 unspecified atom stereocenters. The highest BCUT2D eigenvalue weighted by Gasteiger charge is 2.21. The number of anilines is 1. The van der Waals surface area contributed by atoms with Crippen LogP contribution in [0, 0.1) is 13.8 Å². The van der Waals surface area contributed by atoms with Crippen molar-refractivity contribution in [2.24, 2.45) is 0 Å². The normalized spacial score (nSPS) is 12.2. The molecule has 0 aliphatic heterocycles. The molecule has 9 heteroatoms. The topological polar surface area (TPSA) is 121 Å². The third-order valence-corrected chi connectivity index (χ3v) is 6.14. The number of benzene rings is 1. The quantitative estimate of drug-likeness (QED) is 0.264. The number of fused-ring (bicyclic) bond motifs is 2. The Kier molecular flexibility index (Phi) is 5.53. The first kappa shape index (κ1) is 22.6. The van der Waals surface area contributed by atoms with Gasteiger partial charge in [0.15, 0.2) is 16.9 Å². The second kappa shape index (κ2) is 8.56. The first-order valence-corrected chi connectivity index (χ1v) is 11.3. The summed E-state index contributed by atoms with van der Waals surface area (Å²) >= 11 is 5.89. The fourth-order valence-corrected chi connectivity index (χ4v) is 4.40. The van der Waals surface area contributed by atoms with Crippen LogP contribution in [0.25, 0.3) is 33.5 Å². The van der Waals surface area contributed by atoms with Gasteiger partial charge in [-0.15, -0.1) is 0 Å². The van der Waals surface area contributed by atoms with Gasteiger partial charge < -0.3 is 19.8 Å². The molecule has 8 nitrogen and oxygen atoms in total. The molecule has 3 N–H and O–H groups in total. The Hall–Kier alpha value is -4.17. The number of H-pyrrole nitrogens is 1. The fourth-order valence-electron chi connectivity index (χ4n) is 4.25. The van der Waals surface area contributed by atoms with E-state index < -0.39 is 12.0 Å². The predicted molar refractivity (Wildman–Crippen MR) is 135 cm³/mol. The number of rotatable bonds is 5. The van der Waals surface area contributed by atoms with Crippen molar-refractivity contribution in [3.05, 3.63) is 86.4 Å². The van der Waals surface area contributed by atoms with Gasteiger partial charge in [0.2, 0.25) is 0 Å². The molecule has 0 aliphatic rings. The fraction of sp³-hybridized carbons (Fsp3) is 0.154. The van der Waals surface area contributed by atoms with Crippen LogP contribution in [0.5, 0.6) is 0 Å². The highest BCUT2D eigenvalue weighted by atomic mass is 35.5. The lowest BCUT2D eigenvalue weighted by Gasteiger charge is -2.19. The summed E-state index contributed by atoms with van der Waals surface area (Å²) in [5.41, 5.74) is 3.82. The average Bonchev–Trinajstić information content (AvgIpc) is 3.26. The average molecular weight is 489 g/mol. The summed E-state index contributed by atoms with van der Waals surface area (Å²) < 4.78 is 6.38. The van der Waals surface area contributed by atoms with Crippen molar-refractivity contribution in [1.29, 1.82) is 0 Å². The number of carboxylic acids is 1. The van der Waals surface area contributed by atoms with E-state index in [0.29, 0.717) is 44.9 Å². The Morgan fingerprint density at radius 3 is 2.74 bits per heavy atom. The Morgan fingerprint density at radius 2 is 2.00 bits per heavy atom. The van der Waals surface area contributed by atoms with Gasteiger partial charge in [0.05, 0.1) is 22.8 Å². The molecule has 0 saturated heterocycles. The number of aryl methyl sites for hydroxylation is 1. The molecule has 0 aliphatic carbocycles. The van der Waals surface area contributed by atoms with E-state index in [4.69, 9.17) is 16.0 Å². The molecule has 35 heavy (non-hydrogen) atoms. The second-order valence-electron chi connectivity index (χ2n) is 8.44. The van der Waals surface area contributed by atoms with Crippen LogP contribution in [0.3, 0.4) is 0 Å². The maximum atomic E-state index is 13.4. The van der Waals surface area contributed by atoms with E-state index in [1.54, 1.807) is 25.3 Å². The zero-order valence-corrected chi connectivity index (χ0v) is 19.9. The summed E-state index contributed by atoms with van der Waals surface area (Å²) in [5.74, 6) is -0.773.